The smallest absolute Gasteiger partial charge is 0.106 e. The van der Waals surface area contributed by atoms with Crippen LogP contribution in [0.4, 0.5) is 0 Å². The summed E-state index contributed by atoms with van der Waals surface area (Å²) in [6.07, 6.45) is 1.76. The van der Waals surface area contributed by atoms with Gasteiger partial charge in [0.25, 0.3) is 0 Å². The monoisotopic (exact) mass is 190 g/mol. The van der Waals surface area contributed by atoms with Crippen LogP contribution in [0.3, 0.4) is 0 Å². The summed E-state index contributed by atoms with van der Waals surface area (Å²) in [5, 5.41) is 19.0. The molecule has 0 aromatic rings. The summed E-state index contributed by atoms with van der Waals surface area (Å²) in [6, 6.07) is 0. The summed E-state index contributed by atoms with van der Waals surface area (Å²) in [5.74, 6) is 0. The van der Waals surface area contributed by atoms with E-state index in [1.165, 1.54) is 6.92 Å². The summed E-state index contributed by atoms with van der Waals surface area (Å²) in [6.45, 7) is 5.03. The average Bonchev–Trinajstić information content (AvgIpc) is 1.98. The van der Waals surface area contributed by atoms with E-state index < -0.39 is 12.2 Å². The maximum absolute atomic E-state index is 9.44. The second kappa shape index (κ2) is 5.36. The van der Waals surface area contributed by atoms with E-state index in [1.54, 1.807) is 19.1 Å². The number of halogens is 1. The molecular weight excluding hydrogens is 176 g/mol. The molecule has 0 bridgehead atoms. The zero-order valence-corrected chi connectivity index (χ0v) is 8.34. The molecule has 0 spiro atoms. The van der Waals surface area contributed by atoms with Gasteiger partial charge in [-0.3, -0.25) is 0 Å². The Labute approximate surface area is 78.2 Å². The Bertz CT molecular complexity index is 191. The number of aliphatic hydroxyl groups excluding tert-OH is 2. The quantitative estimate of drug-likeness (QED) is 0.667. The fraction of sp³-hybridized carbons (Fsp3) is 0.556. The Balaban J connectivity index is 4.65. The number of hydrogen-bond acceptors (Lipinski definition) is 2. The van der Waals surface area contributed by atoms with Crippen LogP contribution in [0, 0.1) is 0 Å². The van der Waals surface area contributed by atoms with Crippen molar-refractivity contribution in [2.24, 2.45) is 0 Å². The zero-order chi connectivity index (χ0) is 9.72. The highest BCUT2D eigenvalue weighted by Crippen LogP contribution is 2.16. The van der Waals surface area contributed by atoms with Gasteiger partial charge in [0.15, 0.2) is 0 Å². The van der Waals surface area contributed by atoms with Gasteiger partial charge in [0.05, 0.1) is 6.10 Å². The third-order valence-electron chi connectivity index (χ3n) is 1.52. The Kier molecular flexibility index (Phi) is 5.22. The molecule has 2 nitrogen and oxygen atoms in total. The molecule has 0 saturated carbocycles. The van der Waals surface area contributed by atoms with Crippen LogP contribution in [0.1, 0.15) is 20.8 Å². The van der Waals surface area contributed by atoms with Gasteiger partial charge in [-0.1, -0.05) is 23.8 Å². The molecule has 0 heterocycles. The SMILES string of the molecule is CC=CC(=C(C)Cl)C(O)C(C)O. The van der Waals surface area contributed by atoms with Crippen molar-refractivity contribution in [3.8, 4) is 0 Å². The maximum Gasteiger partial charge on any atom is 0.106 e. The average molecular weight is 191 g/mol. The highest BCUT2D eigenvalue weighted by molar-refractivity contribution is 6.29. The first-order valence-corrected chi connectivity index (χ1v) is 4.23. The van der Waals surface area contributed by atoms with Gasteiger partial charge in [-0.25, -0.2) is 0 Å². The van der Waals surface area contributed by atoms with E-state index in [0.29, 0.717) is 10.6 Å². The first-order chi connectivity index (χ1) is 5.50. The van der Waals surface area contributed by atoms with Crippen LogP contribution in [0.2, 0.25) is 0 Å². The van der Waals surface area contributed by atoms with Crippen molar-refractivity contribution >= 4 is 11.6 Å². The Morgan fingerprint density at radius 3 is 2.17 bits per heavy atom. The van der Waals surface area contributed by atoms with Crippen molar-refractivity contribution in [1.82, 2.24) is 0 Å². The van der Waals surface area contributed by atoms with Crippen LogP contribution >= 0.6 is 11.6 Å². The maximum atomic E-state index is 9.44. The van der Waals surface area contributed by atoms with Crippen LogP contribution in [-0.4, -0.2) is 22.4 Å². The van der Waals surface area contributed by atoms with Crippen LogP contribution in [0.25, 0.3) is 0 Å². The summed E-state index contributed by atoms with van der Waals surface area (Å²) < 4.78 is 0. The standard InChI is InChI=1S/C9H15ClO2/c1-4-5-8(6(2)10)9(12)7(3)11/h4-5,7,9,11-12H,1-3H3. The minimum Gasteiger partial charge on any atom is -0.390 e. The van der Waals surface area contributed by atoms with E-state index in [9.17, 15) is 5.11 Å². The van der Waals surface area contributed by atoms with Crippen molar-refractivity contribution in [2.75, 3.05) is 0 Å². The van der Waals surface area contributed by atoms with Gasteiger partial charge < -0.3 is 10.2 Å². The van der Waals surface area contributed by atoms with Crippen molar-refractivity contribution in [1.29, 1.82) is 0 Å². The lowest BCUT2D eigenvalue weighted by molar-refractivity contribution is 0.0565. The van der Waals surface area contributed by atoms with Crippen molar-refractivity contribution in [3.05, 3.63) is 22.8 Å². The molecule has 0 rings (SSSR count). The fourth-order valence-corrected chi connectivity index (χ4v) is 1.03. The second-order valence-electron chi connectivity index (χ2n) is 2.67. The van der Waals surface area contributed by atoms with Gasteiger partial charge in [-0.05, 0) is 26.3 Å². The first kappa shape index (κ1) is 11.7. The highest BCUT2D eigenvalue weighted by Gasteiger charge is 2.15. The number of rotatable bonds is 3. The van der Waals surface area contributed by atoms with Crippen LogP contribution in [0.15, 0.2) is 22.8 Å². The van der Waals surface area contributed by atoms with E-state index in [0.717, 1.165) is 0 Å². The molecule has 0 aromatic heterocycles. The Hall–Kier alpha value is -0.310. The van der Waals surface area contributed by atoms with E-state index >= 15 is 0 Å². The molecule has 0 aromatic carbocycles. The summed E-state index contributed by atoms with van der Waals surface area (Å²) in [4.78, 5) is 0. The summed E-state index contributed by atoms with van der Waals surface area (Å²) >= 11 is 5.72. The van der Waals surface area contributed by atoms with Crippen molar-refractivity contribution in [3.63, 3.8) is 0 Å². The molecule has 0 aliphatic carbocycles. The second-order valence-corrected chi connectivity index (χ2v) is 3.24. The zero-order valence-electron chi connectivity index (χ0n) is 7.58. The molecule has 0 aliphatic heterocycles. The highest BCUT2D eigenvalue weighted by atomic mass is 35.5. The van der Waals surface area contributed by atoms with Crippen molar-refractivity contribution < 1.29 is 10.2 Å². The molecule has 2 atom stereocenters. The Morgan fingerprint density at radius 1 is 1.42 bits per heavy atom. The van der Waals surface area contributed by atoms with E-state index in [2.05, 4.69) is 0 Å². The molecule has 2 unspecified atom stereocenters. The predicted octanol–water partition coefficient (Wildman–Crippen LogP) is 1.82. The van der Waals surface area contributed by atoms with Crippen molar-refractivity contribution in [2.45, 2.75) is 33.0 Å². The van der Waals surface area contributed by atoms with E-state index in [-0.39, 0.29) is 0 Å². The topological polar surface area (TPSA) is 40.5 Å². The van der Waals surface area contributed by atoms with Gasteiger partial charge >= 0.3 is 0 Å². The molecule has 70 valence electrons. The van der Waals surface area contributed by atoms with Gasteiger partial charge in [-0.2, -0.15) is 0 Å². The minimum atomic E-state index is -0.904. The fourth-order valence-electron chi connectivity index (χ4n) is 0.857. The lowest BCUT2D eigenvalue weighted by atomic mass is 10.1. The molecule has 0 aliphatic rings. The molecule has 0 fully saturated rings. The van der Waals surface area contributed by atoms with Gasteiger partial charge in [-0.15, -0.1) is 0 Å². The molecule has 2 N–H and O–H groups in total. The third-order valence-corrected chi connectivity index (χ3v) is 1.74. The summed E-state index contributed by atoms with van der Waals surface area (Å²) in [5.41, 5.74) is 0.564. The number of hydrogen-bond donors (Lipinski definition) is 2. The molecule has 3 heteroatoms. The predicted molar refractivity (Wildman–Crippen MR) is 51.1 cm³/mol. The Morgan fingerprint density at radius 2 is 1.92 bits per heavy atom. The molecule has 0 saturated heterocycles. The van der Waals surface area contributed by atoms with E-state index in [1.807, 2.05) is 6.92 Å². The van der Waals surface area contributed by atoms with Gasteiger partial charge in [0.1, 0.15) is 6.10 Å². The molecular formula is C9H15ClO2. The molecule has 0 radical (unpaired) electrons. The largest absolute Gasteiger partial charge is 0.390 e. The third kappa shape index (κ3) is 3.39. The summed E-state index contributed by atoms with van der Waals surface area (Å²) in [7, 11) is 0. The first-order valence-electron chi connectivity index (χ1n) is 3.85. The van der Waals surface area contributed by atoms with E-state index in [4.69, 9.17) is 16.7 Å². The number of allylic oxidation sites excluding steroid dienone is 2. The van der Waals surface area contributed by atoms with Crippen LogP contribution in [0.5, 0.6) is 0 Å². The normalized spacial score (nSPS) is 19.2. The minimum absolute atomic E-state index is 0.501. The molecule has 0 amide bonds. The lowest BCUT2D eigenvalue weighted by Gasteiger charge is -2.15. The lowest BCUT2D eigenvalue weighted by Crippen LogP contribution is -2.24. The van der Waals surface area contributed by atoms with Crippen LogP contribution < -0.4 is 0 Å². The molecule has 12 heavy (non-hydrogen) atoms. The number of aliphatic hydroxyl groups is 2. The van der Waals surface area contributed by atoms with Crippen LogP contribution in [-0.2, 0) is 0 Å². The van der Waals surface area contributed by atoms with Gasteiger partial charge in [0.2, 0.25) is 0 Å². The van der Waals surface area contributed by atoms with Gasteiger partial charge in [0, 0.05) is 5.03 Å².